The first-order valence-corrected chi connectivity index (χ1v) is 26.6. The van der Waals surface area contributed by atoms with E-state index in [1.807, 2.05) is 6.92 Å². The first-order valence-electron chi connectivity index (χ1n) is 26.6. The van der Waals surface area contributed by atoms with Gasteiger partial charge in [-0.1, -0.05) is 32.4 Å². The molecule has 3 saturated carbocycles. The van der Waals surface area contributed by atoms with Crippen molar-refractivity contribution < 1.29 is 108 Å². The number of Topliss-reactive ketones (excluding diaryl/α,β-unsaturated/α-hetero) is 1. The summed E-state index contributed by atoms with van der Waals surface area (Å²) in [5.74, 6) is -0.140. The van der Waals surface area contributed by atoms with E-state index >= 15 is 0 Å². The van der Waals surface area contributed by atoms with Gasteiger partial charge in [-0.05, 0) is 100 Å². The van der Waals surface area contributed by atoms with E-state index in [2.05, 4.69) is 25.2 Å². The Kier molecular flexibility index (Phi) is 16.9. The van der Waals surface area contributed by atoms with E-state index in [1.54, 1.807) is 6.92 Å². The molecule has 5 saturated heterocycles. The summed E-state index contributed by atoms with van der Waals surface area (Å²) in [6, 6.07) is 0. The van der Waals surface area contributed by atoms with Crippen LogP contribution in [0.1, 0.15) is 92.9 Å². The van der Waals surface area contributed by atoms with Crippen LogP contribution < -0.4 is 5.32 Å². The molecule has 11 N–H and O–H groups in total. The minimum absolute atomic E-state index is 0.0101. The number of ether oxygens (including phenoxy) is 10. The number of ketones is 1. The number of hydrogen-bond donors (Lipinski definition) is 11. The first-order chi connectivity index (χ1) is 35.0. The third-order valence-corrected chi connectivity index (χ3v) is 18.9. The van der Waals surface area contributed by atoms with Crippen molar-refractivity contribution in [2.24, 2.45) is 40.4 Å². The molecule has 9 aliphatic rings. The van der Waals surface area contributed by atoms with E-state index in [0.717, 1.165) is 19.3 Å². The van der Waals surface area contributed by atoms with E-state index in [1.165, 1.54) is 26.5 Å². The number of aliphatic hydroxyl groups is 10. The standard InChI is InChI=1S/C51H81NO22/c1-20-16-51(65-7,52-17-20)48(64)71-30-15-28-26-9-8-24-14-25(10-12-49(24,5)27(26)11-13-50(28,6)32(30)21(2)54)69-47-43(74-45-39(62)36(59)33(56)22(3)67-45)40(63)41(31(18-53)70-47)72-46-42(37(60)34(57)23(4)68-46)73-44-38(61)35(58)29(55)19-66-44/h8,20,22-23,25-47,52-53,55-63H,9-19H2,1-7H3/t20?,22-,23-,25-,26+,27-,28-,29+,30-,31+,32-,33-,34-,35-,36+,37+,38+,39+,40-,41+,42+,43+,44-,45-,46-,47+,49-,50-,51?/m0/s1. The molecule has 23 heteroatoms. The Morgan fingerprint density at radius 3 is 2.03 bits per heavy atom. The van der Waals surface area contributed by atoms with Crippen LogP contribution in [0.4, 0.5) is 0 Å². The lowest BCUT2D eigenvalue weighted by atomic mass is 9.47. The van der Waals surface area contributed by atoms with Gasteiger partial charge in [0.1, 0.15) is 91.2 Å². The van der Waals surface area contributed by atoms with E-state index in [0.29, 0.717) is 38.6 Å². The maximum absolute atomic E-state index is 13.8. The van der Waals surface area contributed by atoms with Crippen molar-refractivity contribution in [1.29, 1.82) is 0 Å². The van der Waals surface area contributed by atoms with Crippen molar-refractivity contribution in [3.8, 4) is 0 Å². The number of fused-ring (bicyclic) bond motifs is 5. The van der Waals surface area contributed by atoms with Gasteiger partial charge in [0.05, 0.1) is 37.4 Å². The summed E-state index contributed by atoms with van der Waals surface area (Å²) in [7, 11) is 1.50. The predicted octanol–water partition coefficient (Wildman–Crippen LogP) is -2.00. The maximum atomic E-state index is 13.8. The fourth-order valence-electron chi connectivity index (χ4n) is 14.6. The molecule has 4 aliphatic carbocycles. The van der Waals surface area contributed by atoms with Gasteiger partial charge in [0.2, 0.25) is 5.72 Å². The molecule has 0 aromatic heterocycles. The number of allylic oxidation sites excluding steroid dienone is 1. The number of carbonyl (C=O) groups excluding carboxylic acids is 2. The number of esters is 1. The Morgan fingerprint density at radius 2 is 1.36 bits per heavy atom. The molecule has 8 fully saturated rings. The summed E-state index contributed by atoms with van der Waals surface area (Å²) in [6.45, 7) is 10.4. The highest BCUT2D eigenvalue weighted by Crippen LogP contribution is 2.67. The third-order valence-electron chi connectivity index (χ3n) is 18.9. The van der Waals surface area contributed by atoms with Crippen molar-refractivity contribution in [1.82, 2.24) is 5.32 Å². The largest absolute Gasteiger partial charge is 0.458 e. The summed E-state index contributed by atoms with van der Waals surface area (Å²) >= 11 is 0. The van der Waals surface area contributed by atoms with Crippen LogP contribution in [0.5, 0.6) is 0 Å². The molecule has 0 bridgehead atoms. The highest BCUT2D eigenvalue weighted by atomic mass is 16.8. The second-order valence-electron chi connectivity index (χ2n) is 23.4. The summed E-state index contributed by atoms with van der Waals surface area (Å²) in [6.07, 6.45) is -23.6. The summed E-state index contributed by atoms with van der Waals surface area (Å²) < 4.78 is 60.7. The molecule has 5 heterocycles. The Balaban J connectivity index is 0.934. The van der Waals surface area contributed by atoms with Crippen LogP contribution in [0.2, 0.25) is 0 Å². The Bertz CT molecular complexity index is 2020. The van der Waals surface area contributed by atoms with E-state index in [-0.39, 0.29) is 40.3 Å². The quantitative estimate of drug-likeness (QED) is 0.0702. The molecular formula is C51H81NO22. The van der Waals surface area contributed by atoms with Gasteiger partial charge in [0.25, 0.3) is 0 Å². The fourth-order valence-corrected chi connectivity index (χ4v) is 14.6. The molecular weight excluding hydrogens is 979 g/mol. The van der Waals surface area contributed by atoms with Crippen LogP contribution in [-0.2, 0) is 57.0 Å². The average molecular weight is 1060 g/mol. The molecule has 74 heavy (non-hydrogen) atoms. The molecule has 29 atom stereocenters. The van der Waals surface area contributed by atoms with Crippen LogP contribution >= 0.6 is 0 Å². The molecule has 5 aliphatic heterocycles. The van der Waals surface area contributed by atoms with Gasteiger partial charge in [-0.2, -0.15) is 0 Å². The van der Waals surface area contributed by atoms with Crippen molar-refractivity contribution in [2.45, 2.75) is 228 Å². The molecule has 23 nitrogen and oxygen atoms in total. The number of nitrogens with one attached hydrogen (secondary N) is 1. The number of carbonyl (C=O) groups is 2. The van der Waals surface area contributed by atoms with E-state index < -0.39 is 160 Å². The molecule has 9 rings (SSSR count). The highest BCUT2D eigenvalue weighted by Gasteiger charge is 2.64. The maximum Gasteiger partial charge on any atom is 0.354 e. The second-order valence-corrected chi connectivity index (χ2v) is 23.4. The van der Waals surface area contributed by atoms with Crippen molar-refractivity contribution in [2.75, 3.05) is 26.9 Å². The molecule has 0 spiro atoms. The van der Waals surface area contributed by atoms with Gasteiger partial charge < -0.3 is 98.4 Å². The molecule has 0 aromatic carbocycles. The summed E-state index contributed by atoms with van der Waals surface area (Å²) in [5.41, 5.74) is -0.699. The number of methoxy groups -OCH3 is 1. The van der Waals surface area contributed by atoms with Gasteiger partial charge in [-0.15, -0.1) is 0 Å². The first kappa shape index (κ1) is 56.8. The zero-order chi connectivity index (χ0) is 53.5. The van der Waals surface area contributed by atoms with Crippen molar-refractivity contribution >= 4 is 11.8 Å². The van der Waals surface area contributed by atoms with Gasteiger partial charge in [-0.25, -0.2) is 4.79 Å². The van der Waals surface area contributed by atoms with Gasteiger partial charge in [0.15, 0.2) is 25.2 Å². The average Bonchev–Trinajstić information content (AvgIpc) is 3.91. The third kappa shape index (κ3) is 10.1. The molecule has 0 amide bonds. The van der Waals surface area contributed by atoms with Crippen LogP contribution in [0.3, 0.4) is 0 Å². The van der Waals surface area contributed by atoms with Crippen molar-refractivity contribution in [3.05, 3.63) is 11.6 Å². The minimum atomic E-state index is -1.82. The zero-order valence-corrected chi connectivity index (χ0v) is 43.2. The summed E-state index contributed by atoms with van der Waals surface area (Å²) in [4.78, 5) is 27.4. The van der Waals surface area contributed by atoms with Crippen LogP contribution in [0.25, 0.3) is 0 Å². The van der Waals surface area contributed by atoms with Crippen LogP contribution in [-0.4, -0.2) is 224 Å². The van der Waals surface area contributed by atoms with Gasteiger partial charge >= 0.3 is 5.97 Å². The second kappa shape index (κ2) is 22.0. The van der Waals surface area contributed by atoms with E-state index in [4.69, 9.17) is 47.4 Å². The lowest BCUT2D eigenvalue weighted by Crippen LogP contribution is -2.67. The van der Waals surface area contributed by atoms with Crippen LogP contribution in [0, 0.1) is 40.4 Å². The number of hydrogen-bond acceptors (Lipinski definition) is 23. The topological polar surface area (TPSA) is 341 Å². The lowest BCUT2D eigenvalue weighted by molar-refractivity contribution is -0.397. The smallest absolute Gasteiger partial charge is 0.354 e. The SMILES string of the molecule is COC1(C(=O)O[C@H]2C[C@H]3[C@@H]4CC=C5C[C@@H](O[C@@H]6O[C@H](CO)[C@@H](O[C@@H]7O[C@@H](C)[C@H](O)[C@@H](O)[C@H]7O[C@@H]7OC[C@@H](O)[C@H](O)[C@H]7O)[C@H](O)[C@H]6O[C@@H]6O[C@@H](C)[C@H](O)[C@@H](O)[C@H]6O)CC[C@]5(C)[C@H]4CC[C@]3(C)[C@H]2C(C)=O)CC(C)CN1. The normalized spacial score (nSPS) is 53.6. The lowest BCUT2D eigenvalue weighted by Gasteiger charge is -2.58. The minimum Gasteiger partial charge on any atom is -0.458 e. The zero-order valence-electron chi connectivity index (χ0n) is 43.2. The Labute approximate surface area is 430 Å². The number of rotatable bonds is 13. The van der Waals surface area contributed by atoms with Crippen LogP contribution in [0.15, 0.2) is 11.6 Å². The monoisotopic (exact) mass is 1060 g/mol. The Hall–Kier alpha value is -1.92. The fraction of sp³-hybridized carbons (Fsp3) is 0.922. The molecule has 0 radical (unpaired) electrons. The van der Waals surface area contributed by atoms with Gasteiger partial charge in [0, 0.05) is 20.1 Å². The highest BCUT2D eigenvalue weighted by molar-refractivity contribution is 5.83. The predicted molar refractivity (Wildman–Crippen MR) is 250 cm³/mol. The van der Waals surface area contributed by atoms with Crippen molar-refractivity contribution in [3.63, 3.8) is 0 Å². The number of aliphatic hydroxyl groups excluding tert-OH is 10. The van der Waals surface area contributed by atoms with Gasteiger partial charge in [-0.3, -0.25) is 10.1 Å². The Morgan fingerprint density at radius 1 is 0.730 bits per heavy atom. The molecule has 422 valence electrons. The van der Waals surface area contributed by atoms with E-state index in [9.17, 15) is 60.7 Å². The summed E-state index contributed by atoms with van der Waals surface area (Å²) in [5, 5.41) is 112. The molecule has 2 unspecified atom stereocenters. The molecule has 0 aromatic rings.